The highest BCUT2D eigenvalue weighted by Crippen LogP contribution is 2.23. The highest BCUT2D eigenvalue weighted by molar-refractivity contribution is 9.10. The molecule has 0 atom stereocenters. The summed E-state index contributed by atoms with van der Waals surface area (Å²) in [7, 11) is 1.51. The molecular formula is C27H27BrN4O3S. The zero-order valence-corrected chi connectivity index (χ0v) is 22.5. The van der Waals surface area contributed by atoms with Crippen LogP contribution in [0.3, 0.4) is 0 Å². The number of carbonyl (C=O) groups excluding carboxylic acids is 2. The van der Waals surface area contributed by atoms with E-state index in [0.717, 1.165) is 40.1 Å². The van der Waals surface area contributed by atoms with Crippen LogP contribution in [0.1, 0.15) is 26.3 Å². The van der Waals surface area contributed by atoms with Crippen LogP contribution in [0.15, 0.2) is 71.2 Å². The van der Waals surface area contributed by atoms with Crippen LogP contribution >= 0.6 is 28.1 Å². The zero-order chi connectivity index (χ0) is 25.7. The van der Waals surface area contributed by atoms with Crippen LogP contribution in [-0.4, -0.2) is 55.1 Å². The molecule has 2 amide bonds. The maximum Gasteiger partial charge on any atom is 0.261 e. The van der Waals surface area contributed by atoms with Crippen LogP contribution < -0.4 is 20.3 Å². The molecule has 7 nitrogen and oxygen atoms in total. The Kier molecular flexibility index (Phi) is 8.22. The first-order valence-corrected chi connectivity index (χ1v) is 12.7. The first-order chi connectivity index (χ1) is 17.3. The molecular weight excluding hydrogens is 540 g/mol. The molecule has 0 aromatic heterocycles. The fraction of sp³-hybridized carbons (Fsp3) is 0.222. The smallest absolute Gasteiger partial charge is 0.261 e. The van der Waals surface area contributed by atoms with Crippen LogP contribution in [0.4, 0.5) is 11.4 Å². The molecule has 3 aromatic carbocycles. The molecule has 186 valence electrons. The summed E-state index contributed by atoms with van der Waals surface area (Å²) in [5, 5.41) is 5.93. The number of anilines is 2. The van der Waals surface area contributed by atoms with E-state index >= 15 is 0 Å². The first-order valence-electron chi connectivity index (χ1n) is 11.5. The number of methoxy groups -OCH3 is 1. The van der Waals surface area contributed by atoms with Gasteiger partial charge in [0, 0.05) is 47.6 Å². The number of amides is 2. The number of nitrogens with one attached hydrogen (secondary N) is 2. The molecule has 1 saturated heterocycles. The van der Waals surface area contributed by atoms with Crippen molar-refractivity contribution in [1.29, 1.82) is 0 Å². The second-order valence-electron chi connectivity index (χ2n) is 8.45. The molecule has 1 heterocycles. The van der Waals surface area contributed by atoms with Gasteiger partial charge in [-0.25, -0.2) is 0 Å². The number of piperazine rings is 1. The predicted octanol–water partition coefficient (Wildman–Crippen LogP) is 4.86. The molecule has 0 unspecified atom stereocenters. The molecule has 0 saturated carbocycles. The molecule has 0 aliphatic carbocycles. The topological polar surface area (TPSA) is 73.9 Å². The number of halogens is 1. The van der Waals surface area contributed by atoms with E-state index in [2.05, 4.69) is 31.5 Å². The first kappa shape index (κ1) is 25.7. The third-order valence-electron chi connectivity index (χ3n) is 5.99. The van der Waals surface area contributed by atoms with E-state index in [9.17, 15) is 9.59 Å². The Bertz CT molecular complexity index is 1260. The second-order valence-corrected chi connectivity index (χ2v) is 9.77. The molecule has 0 radical (unpaired) electrons. The number of ether oxygens (including phenoxy) is 1. The van der Waals surface area contributed by atoms with Gasteiger partial charge in [-0.2, -0.15) is 0 Å². The van der Waals surface area contributed by atoms with Crippen molar-refractivity contribution in [3.63, 3.8) is 0 Å². The van der Waals surface area contributed by atoms with Crippen molar-refractivity contribution in [2.45, 2.75) is 6.92 Å². The SMILES string of the molecule is COc1ccc(Br)cc1C(=O)NC(=S)Nc1ccc(N2CCN(C(=O)c3ccc(C)cc3)CC2)cc1. The fourth-order valence-electron chi connectivity index (χ4n) is 3.99. The second kappa shape index (κ2) is 11.5. The average Bonchev–Trinajstić information content (AvgIpc) is 2.89. The van der Waals surface area contributed by atoms with Gasteiger partial charge in [0.25, 0.3) is 11.8 Å². The average molecular weight is 568 g/mol. The Labute approximate surface area is 224 Å². The van der Waals surface area contributed by atoms with E-state index in [-0.39, 0.29) is 16.9 Å². The Balaban J connectivity index is 1.30. The number of nitrogens with zero attached hydrogens (tertiary/aromatic N) is 2. The van der Waals surface area contributed by atoms with Gasteiger partial charge in [0.1, 0.15) is 5.75 Å². The normalized spacial score (nSPS) is 13.2. The van der Waals surface area contributed by atoms with E-state index < -0.39 is 0 Å². The third-order valence-corrected chi connectivity index (χ3v) is 6.69. The van der Waals surface area contributed by atoms with Gasteiger partial charge in [0.2, 0.25) is 0 Å². The number of carbonyl (C=O) groups is 2. The van der Waals surface area contributed by atoms with Gasteiger partial charge in [0.15, 0.2) is 5.11 Å². The Hall–Kier alpha value is -3.43. The lowest BCUT2D eigenvalue weighted by atomic mass is 10.1. The minimum absolute atomic E-state index is 0.0743. The molecule has 3 aromatic rings. The number of hydrogen-bond donors (Lipinski definition) is 2. The minimum Gasteiger partial charge on any atom is -0.496 e. The molecule has 0 bridgehead atoms. The molecule has 36 heavy (non-hydrogen) atoms. The standard InChI is InChI=1S/C27H27BrN4O3S/c1-18-3-5-19(6-4-18)26(34)32-15-13-31(14-16-32)22-10-8-21(9-11-22)29-27(36)30-25(33)23-17-20(28)7-12-24(23)35-2/h3-12,17H,13-16H2,1-2H3,(H2,29,30,33,36). The minimum atomic E-state index is -0.361. The van der Waals surface area contributed by atoms with Gasteiger partial charge in [-0.15, -0.1) is 0 Å². The quantitative estimate of drug-likeness (QED) is 0.430. The molecule has 9 heteroatoms. The van der Waals surface area contributed by atoms with Crippen LogP contribution in [-0.2, 0) is 0 Å². The van der Waals surface area contributed by atoms with Gasteiger partial charge in [0.05, 0.1) is 12.7 Å². The van der Waals surface area contributed by atoms with E-state index in [1.807, 2.05) is 60.4 Å². The van der Waals surface area contributed by atoms with Crippen LogP contribution in [0, 0.1) is 6.92 Å². The summed E-state index contributed by atoms with van der Waals surface area (Å²) in [5.41, 5.74) is 4.08. The van der Waals surface area contributed by atoms with Crippen molar-refractivity contribution < 1.29 is 14.3 Å². The van der Waals surface area contributed by atoms with Crippen molar-refractivity contribution in [2.75, 3.05) is 43.5 Å². The monoisotopic (exact) mass is 566 g/mol. The van der Waals surface area contributed by atoms with E-state index in [0.29, 0.717) is 24.4 Å². The summed E-state index contributed by atoms with van der Waals surface area (Å²) in [5.74, 6) is 0.175. The summed E-state index contributed by atoms with van der Waals surface area (Å²) in [6, 6.07) is 20.7. The maximum atomic E-state index is 12.8. The molecule has 1 aliphatic heterocycles. The van der Waals surface area contributed by atoms with Crippen LogP contribution in [0.25, 0.3) is 0 Å². The molecule has 2 N–H and O–H groups in total. The van der Waals surface area contributed by atoms with Gasteiger partial charge < -0.3 is 19.9 Å². The maximum absolute atomic E-state index is 12.8. The third kappa shape index (κ3) is 6.22. The van der Waals surface area contributed by atoms with E-state index in [1.54, 1.807) is 18.2 Å². The van der Waals surface area contributed by atoms with Gasteiger partial charge in [-0.3, -0.25) is 14.9 Å². The number of aryl methyl sites for hydroxylation is 1. The van der Waals surface area contributed by atoms with Crippen LogP contribution in [0.5, 0.6) is 5.75 Å². The summed E-state index contributed by atoms with van der Waals surface area (Å²) < 4.78 is 6.03. The Morgan fingerprint density at radius 1 is 0.944 bits per heavy atom. The summed E-state index contributed by atoms with van der Waals surface area (Å²) in [6.07, 6.45) is 0. The van der Waals surface area contributed by atoms with Gasteiger partial charge in [-0.05, 0) is 73.7 Å². The summed E-state index contributed by atoms with van der Waals surface area (Å²) in [6.45, 7) is 4.86. The fourth-order valence-corrected chi connectivity index (χ4v) is 4.56. The number of thiocarbonyl (C=S) groups is 1. The van der Waals surface area contributed by atoms with Crippen molar-refractivity contribution in [3.8, 4) is 5.75 Å². The van der Waals surface area contributed by atoms with Gasteiger partial charge in [-0.1, -0.05) is 33.6 Å². The van der Waals surface area contributed by atoms with Crippen molar-refractivity contribution in [2.24, 2.45) is 0 Å². The van der Waals surface area contributed by atoms with Crippen molar-refractivity contribution >= 4 is 56.4 Å². The Morgan fingerprint density at radius 2 is 1.61 bits per heavy atom. The lowest BCUT2D eigenvalue weighted by Gasteiger charge is -2.36. The summed E-state index contributed by atoms with van der Waals surface area (Å²) >= 11 is 8.69. The highest BCUT2D eigenvalue weighted by atomic mass is 79.9. The van der Waals surface area contributed by atoms with Crippen molar-refractivity contribution in [1.82, 2.24) is 10.2 Å². The zero-order valence-electron chi connectivity index (χ0n) is 20.1. The summed E-state index contributed by atoms with van der Waals surface area (Å²) in [4.78, 5) is 29.6. The Morgan fingerprint density at radius 3 is 2.25 bits per heavy atom. The van der Waals surface area contributed by atoms with Gasteiger partial charge >= 0.3 is 0 Å². The number of rotatable bonds is 5. The predicted molar refractivity (Wildman–Crippen MR) is 150 cm³/mol. The number of hydrogen-bond acceptors (Lipinski definition) is 5. The lowest BCUT2D eigenvalue weighted by Crippen LogP contribution is -2.48. The van der Waals surface area contributed by atoms with Crippen molar-refractivity contribution in [3.05, 3.63) is 87.9 Å². The highest BCUT2D eigenvalue weighted by Gasteiger charge is 2.22. The molecule has 0 spiro atoms. The van der Waals surface area contributed by atoms with Crippen LogP contribution in [0.2, 0.25) is 0 Å². The lowest BCUT2D eigenvalue weighted by molar-refractivity contribution is 0.0746. The molecule has 1 aliphatic rings. The van der Waals surface area contributed by atoms with E-state index in [1.165, 1.54) is 7.11 Å². The molecule has 1 fully saturated rings. The van der Waals surface area contributed by atoms with E-state index in [4.69, 9.17) is 17.0 Å². The number of benzene rings is 3. The largest absolute Gasteiger partial charge is 0.496 e. The molecule has 4 rings (SSSR count).